The Hall–Kier alpha value is -1.68. The second-order valence-corrected chi connectivity index (χ2v) is 3.60. The van der Waals surface area contributed by atoms with Crippen molar-refractivity contribution in [2.75, 3.05) is 0 Å². The summed E-state index contributed by atoms with van der Waals surface area (Å²) in [7, 11) is 1.65. The summed E-state index contributed by atoms with van der Waals surface area (Å²) in [5.41, 5.74) is 0.268. The van der Waals surface area contributed by atoms with Crippen molar-refractivity contribution < 1.29 is 5.11 Å². The third kappa shape index (κ3) is 1.64. The number of imidazole rings is 1. The molecule has 0 spiro atoms. The Labute approximate surface area is 91.0 Å². The number of aromatic nitrogens is 2. The van der Waals surface area contributed by atoms with E-state index in [1.807, 2.05) is 0 Å². The van der Waals surface area contributed by atoms with Crippen molar-refractivity contribution in [3.05, 3.63) is 46.1 Å². The van der Waals surface area contributed by atoms with Gasteiger partial charge in [0.15, 0.2) is 0 Å². The molecule has 1 aromatic heterocycles. The third-order valence-corrected chi connectivity index (χ3v) is 2.46. The molecule has 4 nitrogen and oxygen atoms in total. The molecule has 5 heteroatoms. The molecule has 0 radical (unpaired) electrons. The van der Waals surface area contributed by atoms with E-state index in [1.165, 1.54) is 21.3 Å². The lowest BCUT2D eigenvalue weighted by Crippen LogP contribution is -2.20. The molecule has 1 heterocycles. The molecule has 0 aliphatic heterocycles. The van der Waals surface area contributed by atoms with E-state index < -0.39 is 0 Å². The number of nitrogens with zero attached hydrogens (tertiary/aromatic N) is 2. The van der Waals surface area contributed by atoms with Gasteiger partial charge in [0, 0.05) is 25.5 Å². The van der Waals surface area contributed by atoms with E-state index in [4.69, 9.17) is 11.6 Å². The minimum atomic E-state index is -0.206. The van der Waals surface area contributed by atoms with Gasteiger partial charge in [-0.2, -0.15) is 0 Å². The Morgan fingerprint density at radius 1 is 1.33 bits per heavy atom. The number of aryl methyl sites for hydroxylation is 1. The highest BCUT2D eigenvalue weighted by molar-refractivity contribution is 6.32. The molecule has 0 saturated heterocycles. The maximum Gasteiger partial charge on any atom is 0.332 e. The number of halogens is 1. The van der Waals surface area contributed by atoms with E-state index in [2.05, 4.69) is 0 Å². The van der Waals surface area contributed by atoms with Gasteiger partial charge in [0.1, 0.15) is 5.75 Å². The van der Waals surface area contributed by atoms with Crippen LogP contribution in [0.5, 0.6) is 5.75 Å². The van der Waals surface area contributed by atoms with Crippen molar-refractivity contribution in [1.29, 1.82) is 0 Å². The second-order valence-electron chi connectivity index (χ2n) is 3.20. The van der Waals surface area contributed by atoms with Crippen LogP contribution in [0.15, 0.2) is 35.4 Å². The van der Waals surface area contributed by atoms with Crippen molar-refractivity contribution in [2.24, 2.45) is 7.05 Å². The number of rotatable bonds is 1. The lowest BCUT2D eigenvalue weighted by molar-refractivity contribution is 0.475. The molecule has 2 aromatic rings. The highest BCUT2D eigenvalue weighted by Crippen LogP contribution is 2.23. The minimum absolute atomic E-state index is 0.0742. The van der Waals surface area contributed by atoms with Crippen LogP contribution in [0.3, 0.4) is 0 Å². The van der Waals surface area contributed by atoms with Crippen LogP contribution in [-0.2, 0) is 7.05 Å². The van der Waals surface area contributed by atoms with Gasteiger partial charge >= 0.3 is 5.69 Å². The van der Waals surface area contributed by atoms with Gasteiger partial charge in [0.2, 0.25) is 0 Å². The summed E-state index contributed by atoms with van der Waals surface area (Å²) in [4.78, 5) is 11.6. The molecular weight excluding hydrogens is 216 g/mol. The Morgan fingerprint density at radius 3 is 2.67 bits per heavy atom. The Morgan fingerprint density at radius 2 is 2.07 bits per heavy atom. The summed E-state index contributed by atoms with van der Waals surface area (Å²) in [5, 5.41) is 9.73. The van der Waals surface area contributed by atoms with Gasteiger partial charge in [-0.1, -0.05) is 11.6 Å². The van der Waals surface area contributed by atoms with Crippen molar-refractivity contribution in [1.82, 2.24) is 9.13 Å². The fourth-order valence-corrected chi connectivity index (χ4v) is 1.54. The average molecular weight is 225 g/mol. The maximum absolute atomic E-state index is 11.6. The quantitative estimate of drug-likeness (QED) is 0.799. The van der Waals surface area contributed by atoms with E-state index in [0.29, 0.717) is 10.7 Å². The standard InChI is InChI=1S/C10H9ClN2O2/c1-12-4-5-13(10(12)15)9-6-7(14)2-3-8(9)11/h2-6,14H,1H3. The van der Waals surface area contributed by atoms with Crippen molar-refractivity contribution in [3.8, 4) is 11.4 Å². The zero-order valence-corrected chi connectivity index (χ0v) is 8.77. The molecule has 0 aliphatic carbocycles. The molecule has 2 rings (SSSR count). The van der Waals surface area contributed by atoms with E-state index in [9.17, 15) is 9.90 Å². The van der Waals surface area contributed by atoms with Crippen molar-refractivity contribution in [2.45, 2.75) is 0 Å². The van der Waals surface area contributed by atoms with Gasteiger partial charge in [0.25, 0.3) is 0 Å². The number of phenolic OH excluding ortho intramolecular Hbond substituents is 1. The first-order chi connectivity index (χ1) is 7.09. The van der Waals surface area contributed by atoms with Crippen LogP contribution in [-0.4, -0.2) is 14.2 Å². The largest absolute Gasteiger partial charge is 0.508 e. The molecule has 15 heavy (non-hydrogen) atoms. The van der Waals surface area contributed by atoms with Crippen LogP contribution in [0, 0.1) is 0 Å². The number of hydrogen-bond acceptors (Lipinski definition) is 2. The smallest absolute Gasteiger partial charge is 0.332 e. The summed E-state index contributed by atoms with van der Waals surface area (Å²) in [6, 6.07) is 4.47. The summed E-state index contributed by atoms with van der Waals surface area (Å²) < 4.78 is 2.81. The fraction of sp³-hybridized carbons (Fsp3) is 0.100. The predicted molar refractivity (Wildman–Crippen MR) is 57.7 cm³/mol. The highest BCUT2D eigenvalue weighted by atomic mass is 35.5. The zero-order valence-electron chi connectivity index (χ0n) is 8.01. The van der Waals surface area contributed by atoms with Crippen LogP contribution in [0.25, 0.3) is 5.69 Å². The Balaban J connectivity index is 2.69. The molecule has 0 aliphatic rings. The monoisotopic (exact) mass is 224 g/mol. The summed E-state index contributed by atoms with van der Waals surface area (Å²) >= 11 is 5.93. The summed E-state index contributed by atoms with van der Waals surface area (Å²) in [6.07, 6.45) is 3.23. The van der Waals surface area contributed by atoms with Gasteiger partial charge in [0.05, 0.1) is 10.7 Å². The first-order valence-corrected chi connectivity index (χ1v) is 4.70. The lowest BCUT2D eigenvalue weighted by atomic mass is 10.3. The highest BCUT2D eigenvalue weighted by Gasteiger charge is 2.07. The van der Waals surface area contributed by atoms with E-state index >= 15 is 0 Å². The first kappa shape index (κ1) is 9.86. The van der Waals surface area contributed by atoms with Crippen LogP contribution >= 0.6 is 11.6 Å². The lowest BCUT2D eigenvalue weighted by Gasteiger charge is -2.04. The van der Waals surface area contributed by atoms with Crippen LogP contribution in [0.4, 0.5) is 0 Å². The Bertz CT molecular complexity index is 557. The van der Waals surface area contributed by atoms with Gasteiger partial charge < -0.3 is 9.67 Å². The Kier molecular flexibility index (Phi) is 2.28. The van der Waals surface area contributed by atoms with E-state index in [-0.39, 0.29) is 11.4 Å². The van der Waals surface area contributed by atoms with E-state index in [1.54, 1.807) is 25.5 Å². The van der Waals surface area contributed by atoms with Gasteiger partial charge in [-0.3, -0.25) is 4.57 Å². The van der Waals surface area contributed by atoms with E-state index in [0.717, 1.165) is 0 Å². The average Bonchev–Trinajstić information content (AvgIpc) is 2.52. The fourth-order valence-electron chi connectivity index (χ4n) is 1.33. The van der Waals surface area contributed by atoms with Crippen molar-refractivity contribution in [3.63, 3.8) is 0 Å². The van der Waals surface area contributed by atoms with Gasteiger partial charge in [-0.25, -0.2) is 4.79 Å². The maximum atomic E-state index is 11.6. The number of aromatic hydroxyl groups is 1. The van der Waals surface area contributed by atoms with Gasteiger partial charge in [-0.15, -0.1) is 0 Å². The molecule has 1 aromatic carbocycles. The normalized spacial score (nSPS) is 10.5. The third-order valence-electron chi connectivity index (χ3n) is 2.14. The molecule has 1 N–H and O–H groups in total. The van der Waals surface area contributed by atoms with Crippen molar-refractivity contribution >= 4 is 11.6 Å². The van der Waals surface area contributed by atoms with Gasteiger partial charge in [-0.05, 0) is 12.1 Å². The molecular formula is C10H9ClN2O2. The summed E-state index contributed by atoms with van der Waals surface area (Å²) in [6.45, 7) is 0. The molecule has 0 fully saturated rings. The topological polar surface area (TPSA) is 47.2 Å². The SMILES string of the molecule is Cn1ccn(-c2cc(O)ccc2Cl)c1=O. The van der Waals surface area contributed by atoms with Crippen LogP contribution < -0.4 is 5.69 Å². The molecule has 0 unspecified atom stereocenters. The minimum Gasteiger partial charge on any atom is -0.508 e. The van der Waals surface area contributed by atoms with Crippen LogP contribution in [0.1, 0.15) is 0 Å². The molecule has 0 bridgehead atoms. The molecule has 0 saturated carbocycles. The summed E-state index contributed by atoms with van der Waals surface area (Å²) in [5.74, 6) is 0.0742. The molecule has 0 atom stereocenters. The first-order valence-electron chi connectivity index (χ1n) is 4.32. The molecule has 0 amide bonds. The second kappa shape index (κ2) is 3.47. The number of benzene rings is 1. The number of hydrogen-bond donors (Lipinski definition) is 1. The number of phenols is 1. The predicted octanol–water partition coefficient (Wildman–Crippen LogP) is 1.53. The zero-order chi connectivity index (χ0) is 11.0. The van der Waals surface area contributed by atoms with Crippen LogP contribution in [0.2, 0.25) is 5.02 Å². The molecule has 78 valence electrons.